The van der Waals surface area contributed by atoms with Gasteiger partial charge in [0, 0.05) is 25.3 Å². The van der Waals surface area contributed by atoms with Crippen molar-refractivity contribution < 1.29 is 17.6 Å². The average molecular weight is 262 g/mol. The molecule has 1 N–H and O–H groups in total. The van der Waals surface area contributed by atoms with E-state index in [0.717, 1.165) is 24.2 Å². The van der Waals surface area contributed by atoms with Crippen LogP contribution >= 0.6 is 0 Å². The normalized spacial score (nSPS) is 15.0. The van der Waals surface area contributed by atoms with Gasteiger partial charge in [0.25, 0.3) is 0 Å². The van der Waals surface area contributed by atoms with Crippen LogP contribution in [0.4, 0.5) is 23.2 Å². The summed E-state index contributed by atoms with van der Waals surface area (Å²) < 4.78 is 48.9. The lowest BCUT2D eigenvalue weighted by Gasteiger charge is -2.20. The Balaban J connectivity index is 1.85. The van der Waals surface area contributed by atoms with Crippen molar-refractivity contribution in [3.63, 3.8) is 0 Å². The van der Waals surface area contributed by atoms with Crippen molar-refractivity contribution in [1.29, 1.82) is 0 Å². The van der Waals surface area contributed by atoms with Crippen LogP contribution in [0.5, 0.6) is 0 Å². The lowest BCUT2D eigenvalue weighted by atomic mass is 10.2. The molecule has 1 heterocycles. The number of hydrogen-bond donors (Lipinski definition) is 1. The van der Waals surface area contributed by atoms with E-state index in [-0.39, 0.29) is 12.4 Å². The average Bonchev–Trinajstić information content (AvgIpc) is 2.66. The molecular formula is C12H14F4N2. The number of anilines is 1. The third-order valence-electron chi connectivity index (χ3n) is 2.92. The third-order valence-corrected chi connectivity index (χ3v) is 2.92. The van der Waals surface area contributed by atoms with Crippen LogP contribution in [0.25, 0.3) is 0 Å². The molecule has 0 radical (unpaired) electrons. The summed E-state index contributed by atoms with van der Waals surface area (Å²) in [7, 11) is 0. The molecule has 0 fully saturated rings. The second kappa shape index (κ2) is 5.14. The maximum Gasteiger partial charge on any atom is 0.401 e. The molecule has 0 atom stereocenters. The predicted molar refractivity (Wildman–Crippen MR) is 61.2 cm³/mol. The van der Waals surface area contributed by atoms with Crippen molar-refractivity contribution >= 4 is 5.69 Å². The van der Waals surface area contributed by atoms with Gasteiger partial charge in [-0.05, 0) is 24.1 Å². The van der Waals surface area contributed by atoms with E-state index in [1.54, 1.807) is 6.07 Å². The molecule has 2 rings (SSSR count). The first-order chi connectivity index (χ1) is 8.46. The fourth-order valence-corrected chi connectivity index (χ4v) is 2.10. The summed E-state index contributed by atoms with van der Waals surface area (Å²) in [6.07, 6.45) is -3.37. The number of halogens is 4. The summed E-state index contributed by atoms with van der Waals surface area (Å²) in [5, 5.41) is 2.34. The van der Waals surface area contributed by atoms with Crippen LogP contribution < -0.4 is 10.2 Å². The Kier molecular flexibility index (Phi) is 3.75. The highest BCUT2D eigenvalue weighted by atomic mass is 19.4. The van der Waals surface area contributed by atoms with Crippen molar-refractivity contribution in [3.8, 4) is 0 Å². The van der Waals surface area contributed by atoms with E-state index in [1.165, 1.54) is 12.1 Å². The molecule has 0 spiro atoms. The van der Waals surface area contributed by atoms with Crippen molar-refractivity contribution in [2.75, 3.05) is 31.1 Å². The Morgan fingerprint density at radius 2 is 2.06 bits per heavy atom. The minimum absolute atomic E-state index is 0.232. The summed E-state index contributed by atoms with van der Waals surface area (Å²) in [6.45, 7) is 0.422. The maximum absolute atomic E-state index is 13.1. The van der Waals surface area contributed by atoms with E-state index in [0.29, 0.717) is 6.54 Å². The van der Waals surface area contributed by atoms with E-state index in [4.69, 9.17) is 0 Å². The molecule has 0 unspecified atom stereocenters. The van der Waals surface area contributed by atoms with E-state index in [1.807, 2.05) is 4.90 Å². The van der Waals surface area contributed by atoms with Gasteiger partial charge in [0.2, 0.25) is 0 Å². The van der Waals surface area contributed by atoms with Gasteiger partial charge >= 0.3 is 6.18 Å². The van der Waals surface area contributed by atoms with Gasteiger partial charge in [0.05, 0.1) is 6.54 Å². The first kappa shape index (κ1) is 13.1. The summed E-state index contributed by atoms with van der Waals surface area (Å²) in [4.78, 5) is 1.90. The fourth-order valence-electron chi connectivity index (χ4n) is 2.10. The highest BCUT2D eigenvalue weighted by Crippen LogP contribution is 2.28. The van der Waals surface area contributed by atoms with Gasteiger partial charge in [-0.1, -0.05) is 6.07 Å². The highest BCUT2D eigenvalue weighted by Gasteiger charge is 2.26. The van der Waals surface area contributed by atoms with E-state index in [9.17, 15) is 17.6 Å². The first-order valence-electron chi connectivity index (χ1n) is 5.76. The van der Waals surface area contributed by atoms with Gasteiger partial charge in [-0.3, -0.25) is 0 Å². The Bertz CT molecular complexity index is 417. The minimum Gasteiger partial charge on any atom is -0.370 e. The van der Waals surface area contributed by atoms with Gasteiger partial charge in [-0.15, -0.1) is 0 Å². The van der Waals surface area contributed by atoms with Crippen molar-refractivity contribution in [1.82, 2.24) is 5.32 Å². The molecule has 18 heavy (non-hydrogen) atoms. The Morgan fingerprint density at radius 3 is 2.78 bits per heavy atom. The molecule has 100 valence electrons. The topological polar surface area (TPSA) is 15.3 Å². The lowest BCUT2D eigenvalue weighted by Crippen LogP contribution is -2.35. The standard InChI is InChI=1S/C12H14F4N2/c13-10-2-1-9-3-5-18(11(9)7-10)6-4-17-8-12(14,15)16/h1-2,7,17H,3-6,8H2. The molecule has 1 aliphatic heterocycles. The zero-order chi connectivity index (χ0) is 13.2. The SMILES string of the molecule is Fc1ccc2c(c1)N(CCNCC(F)(F)F)CC2. The molecule has 0 amide bonds. The van der Waals surface area contributed by atoms with Crippen LogP contribution in [-0.2, 0) is 6.42 Å². The van der Waals surface area contributed by atoms with Gasteiger partial charge < -0.3 is 10.2 Å². The van der Waals surface area contributed by atoms with Crippen LogP contribution in [0.3, 0.4) is 0 Å². The molecule has 1 aromatic rings. The minimum atomic E-state index is -4.19. The molecule has 0 aliphatic carbocycles. The van der Waals surface area contributed by atoms with E-state index >= 15 is 0 Å². The smallest absolute Gasteiger partial charge is 0.370 e. The second-order valence-electron chi connectivity index (χ2n) is 4.30. The summed E-state index contributed by atoms with van der Waals surface area (Å²) in [5.74, 6) is -0.316. The summed E-state index contributed by atoms with van der Waals surface area (Å²) >= 11 is 0. The Labute approximate surface area is 103 Å². The maximum atomic E-state index is 13.1. The number of alkyl halides is 3. The van der Waals surface area contributed by atoms with E-state index < -0.39 is 12.7 Å². The Hall–Kier alpha value is -1.30. The van der Waals surface area contributed by atoms with Crippen LogP contribution in [0, 0.1) is 5.82 Å². The zero-order valence-corrected chi connectivity index (χ0v) is 9.73. The van der Waals surface area contributed by atoms with Gasteiger partial charge in [0.15, 0.2) is 0 Å². The Morgan fingerprint density at radius 1 is 1.28 bits per heavy atom. The molecule has 1 aliphatic rings. The number of benzene rings is 1. The lowest BCUT2D eigenvalue weighted by molar-refractivity contribution is -0.124. The second-order valence-corrected chi connectivity index (χ2v) is 4.30. The number of rotatable bonds is 4. The summed E-state index contributed by atoms with van der Waals surface area (Å²) in [6, 6.07) is 4.57. The van der Waals surface area contributed by atoms with Crippen molar-refractivity contribution in [3.05, 3.63) is 29.6 Å². The van der Waals surface area contributed by atoms with Gasteiger partial charge in [0.1, 0.15) is 5.82 Å². The van der Waals surface area contributed by atoms with Crippen molar-refractivity contribution in [2.24, 2.45) is 0 Å². The number of hydrogen-bond acceptors (Lipinski definition) is 2. The quantitative estimate of drug-likeness (QED) is 0.662. The van der Waals surface area contributed by atoms with Gasteiger partial charge in [-0.2, -0.15) is 13.2 Å². The molecular weight excluding hydrogens is 248 g/mol. The molecule has 0 aromatic heterocycles. The molecule has 0 bridgehead atoms. The number of nitrogens with zero attached hydrogens (tertiary/aromatic N) is 1. The summed E-state index contributed by atoms with van der Waals surface area (Å²) in [5.41, 5.74) is 1.84. The molecule has 1 aromatic carbocycles. The zero-order valence-electron chi connectivity index (χ0n) is 9.73. The number of fused-ring (bicyclic) bond motifs is 1. The van der Waals surface area contributed by atoms with Crippen LogP contribution in [0.15, 0.2) is 18.2 Å². The monoisotopic (exact) mass is 262 g/mol. The first-order valence-corrected chi connectivity index (χ1v) is 5.76. The molecule has 0 saturated carbocycles. The molecule has 6 heteroatoms. The molecule has 2 nitrogen and oxygen atoms in total. The number of nitrogens with one attached hydrogen (secondary N) is 1. The predicted octanol–water partition coefficient (Wildman–Crippen LogP) is 2.34. The van der Waals surface area contributed by atoms with E-state index in [2.05, 4.69) is 5.32 Å². The molecule has 0 saturated heterocycles. The van der Waals surface area contributed by atoms with Crippen LogP contribution in [-0.4, -0.2) is 32.4 Å². The van der Waals surface area contributed by atoms with Crippen LogP contribution in [0.2, 0.25) is 0 Å². The van der Waals surface area contributed by atoms with Gasteiger partial charge in [-0.25, -0.2) is 4.39 Å². The highest BCUT2D eigenvalue weighted by molar-refractivity contribution is 5.58. The van der Waals surface area contributed by atoms with Crippen molar-refractivity contribution in [2.45, 2.75) is 12.6 Å². The fraction of sp³-hybridized carbons (Fsp3) is 0.500. The largest absolute Gasteiger partial charge is 0.401 e. The third kappa shape index (κ3) is 3.35. The van der Waals surface area contributed by atoms with Crippen LogP contribution in [0.1, 0.15) is 5.56 Å².